The summed E-state index contributed by atoms with van der Waals surface area (Å²) in [5.74, 6) is 2.74. The van der Waals surface area contributed by atoms with Crippen LogP contribution in [0.25, 0.3) is 22.3 Å². The van der Waals surface area contributed by atoms with E-state index in [0.717, 1.165) is 39.7 Å². The zero-order valence-corrected chi connectivity index (χ0v) is 18.1. The van der Waals surface area contributed by atoms with E-state index in [0.29, 0.717) is 17.3 Å². The molecular weight excluding hydrogens is 390 g/mol. The van der Waals surface area contributed by atoms with E-state index in [1.165, 1.54) is 5.56 Å². The molecule has 0 saturated heterocycles. The van der Waals surface area contributed by atoms with Crippen LogP contribution in [0.3, 0.4) is 0 Å². The molecule has 4 aromatic rings. The summed E-state index contributed by atoms with van der Waals surface area (Å²) in [4.78, 5) is 5.01. The molecule has 3 aromatic carbocycles. The fourth-order valence-corrected chi connectivity index (χ4v) is 3.55. The Hall–Kier alpha value is -3.73. The zero-order chi connectivity index (χ0) is 21.8. The lowest BCUT2D eigenvalue weighted by Crippen LogP contribution is -2.04. The first-order valence-corrected chi connectivity index (χ1v) is 10.1. The van der Waals surface area contributed by atoms with Crippen LogP contribution in [-0.4, -0.2) is 21.3 Å². The second-order valence-electron chi connectivity index (χ2n) is 7.02. The average molecular weight is 415 g/mol. The Labute approximate surface area is 181 Å². The van der Waals surface area contributed by atoms with E-state index in [9.17, 15) is 0 Å². The number of rotatable bonds is 6. The summed E-state index contributed by atoms with van der Waals surface area (Å²) < 4.78 is 22.5. The molecular formula is C26H25NO4. The summed E-state index contributed by atoms with van der Waals surface area (Å²) in [7, 11) is 4.89. The van der Waals surface area contributed by atoms with Gasteiger partial charge in [-0.15, -0.1) is 0 Å². The average Bonchev–Trinajstić information content (AvgIpc) is 2.83. The normalized spacial score (nSPS) is 11.5. The van der Waals surface area contributed by atoms with Crippen molar-refractivity contribution in [3.8, 4) is 28.6 Å². The van der Waals surface area contributed by atoms with Crippen molar-refractivity contribution in [1.29, 1.82) is 0 Å². The van der Waals surface area contributed by atoms with Gasteiger partial charge in [0.2, 0.25) is 0 Å². The van der Waals surface area contributed by atoms with Gasteiger partial charge >= 0.3 is 0 Å². The second kappa shape index (κ2) is 8.96. The minimum atomic E-state index is 0.639. The predicted octanol–water partition coefficient (Wildman–Crippen LogP) is 5.92. The van der Waals surface area contributed by atoms with Crippen LogP contribution in [0.2, 0.25) is 0 Å². The molecule has 0 aliphatic heterocycles. The van der Waals surface area contributed by atoms with Crippen molar-refractivity contribution in [2.75, 3.05) is 21.3 Å². The van der Waals surface area contributed by atoms with E-state index in [4.69, 9.17) is 23.6 Å². The lowest BCUT2D eigenvalue weighted by Gasteiger charge is -2.11. The molecule has 0 atom stereocenters. The molecule has 1 heterocycles. The third kappa shape index (κ3) is 4.12. The van der Waals surface area contributed by atoms with Crippen LogP contribution in [-0.2, 0) is 6.42 Å². The molecule has 158 valence electrons. The van der Waals surface area contributed by atoms with E-state index in [1.54, 1.807) is 21.3 Å². The Kier molecular flexibility index (Phi) is 5.94. The maximum atomic E-state index is 6.24. The number of benzene rings is 3. The molecule has 5 heteroatoms. The maximum Gasteiger partial charge on any atom is 0.161 e. The molecule has 0 aliphatic carbocycles. The number of para-hydroxylation sites is 1. The van der Waals surface area contributed by atoms with Crippen LogP contribution in [0, 0.1) is 0 Å². The first-order chi connectivity index (χ1) is 15.2. The van der Waals surface area contributed by atoms with Crippen LogP contribution in [0.1, 0.15) is 12.5 Å². The van der Waals surface area contributed by atoms with Gasteiger partial charge in [0.1, 0.15) is 17.1 Å². The van der Waals surface area contributed by atoms with E-state index >= 15 is 0 Å². The molecule has 0 saturated carbocycles. The van der Waals surface area contributed by atoms with Crippen molar-refractivity contribution < 1.29 is 18.6 Å². The fourth-order valence-electron chi connectivity index (χ4n) is 3.55. The number of hydrogen-bond donors (Lipinski definition) is 0. The van der Waals surface area contributed by atoms with Gasteiger partial charge in [0.15, 0.2) is 11.5 Å². The zero-order valence-electron chi connectivity index (χ0n) is 18.1. The van der Waals surface area contributed by atoms with Crippen LogP contribution < -0.4 is 19.6 Å². The summed E-state index contributed by atoms with van der Waals surface area (Å²) in [5.41, 5.74) is 3.72. The van der Waals surface area contributed by atoms with E-state index < -0.39 is 0 Å². The van der Waals surface area contributed by atoms with Gasteiger partial charge in [0.05, 0.1) is 32.4 Å². The number of aryl methyl sites for hydroxylation is 1. The van der Waals surface area contributed by atoms with E-state index in [-0.39, 0.29) is 0 Å². The quantitative estimate of drug-likeness (QED) is 0.392. The Bertz CT molecular complexity index is 1290. The summed E-state index contributed by atoms with van der Waals surface area (Å²) in [6, 6.07) is 21.6. The highest BCUT2D eigenvalue weighted by atomic mass is 16.5. The van der Waals surface area contributed by atoms with Gasteiger partial charge in [-0.25, -0.2) is 4.99 Å². The molecule has 0 aliphatic rings. The van der Waals surface area contributed by atoms with Crippen LogP contribution in [0.5, 0.6) is 17.2 Å². The Balaban J connectivity index is 1.99. The number of methoxy groups -OCH3 is 3. The minimum Gasteiger partial charge on any atom is -0.497 e. The molecule has 1 aromatic heterocycles. The molecule has 5 nitrogen and oxygen atoms in total. The first kappa shape index (κ1) is 20.5. The monoisotopic (exact) mass is 415 g/mol. The third-order valence-electron chi connectivity index (χ3n) is 5.23. The highest BCUT2D eigenvalue weighted by Gasteiger charge is 2.11. The minimum absolute atomic E-state index is 0.639. The third-order valence-corrected chi connectivity index (χ3v) is 5.23. The Morgan fingerprint density at radius 3 is 2.35 bits per heavy atom. The lowest BCUT2D eigenvalue weighted by atomic mass is 10.1. The Morgan fingerprint density at radius 1 is 0.806 bits per heavy atom. The molecule has 4 rings (SSSR count). The molecule has 31 heavy (non-hydrogen) atoms. The summed E-state index contributed by atoms with van der Waals surface area (Å²) in [6.45, 7) is 2.13. The van der Waals surface area contributed by atoms with Crippen LogP contribution in [0.4, 0.5) is 5.69 Å². The standard InChI is InChI=1S/C26H25NO4/c1-5-17-8-6-7-9-21(17)27-22-16-25(18-10-12-24(29-3)26(14-18)30-4)31-23-13-11-19(28-2)15-20(22)23/h6-16H,5H2,1-4H3. The topological polar surface area (TPSA) is 53.2 Å². The van der Waals surface area contributed by atoms with E-state index in [2.05, 4.69) is 13.0 Å². The number of nitrogens with zero attached hydrogens (tertiary/aromatic N) is 1. The van der Waals surface area contributed by atoms with Gasteiger partial charge < -0.3 is 18.6 Å². The summed E-state index contributed by atoms with van der Waals surface area (Å²) in [5, 5.41) is 1.69. The van der Waals surface area contributed by atoms with Crippen molar-refractivity contribution in [3.63, 3.8) is 0 Å². The molecule has 0 bridgehead atoms. The predicted molar refractivity (Wildman–Crippen MR) is 122 cm³/mol. The molecule has 0 fully saturated rings. The summed E-state index contributed by atoms with van der Waals surface area (Å²) in [6.07, 6.45) is 0.903. The van der Waals surface area contributed by atoms with Gasteiger partial charge in [0, 0.05) is 17.0 Å². The maximum absolute atomic E-state index is 6.24. The van der Waals surface area contributed by atoms with Crippen molar-refractivity contribution in [1.82, 2.24) is 0 Å². The smallest absolute Gasteiger partial charge is 0.161 e. The van der Waals surface area contributed by atoms with Gasteiger partial charge in [0.25, 0.3) is 0 Å². The summed E-state index contributed by atoms with van der Waals surface area (Å²) >= 11 is 0. The van der Waals surface area contributed by atoms with Crippen LogP contribution in [0.15, 0.2) is 76.1 Å². The number of hydrogen-bond acceptors (Lipinski definition) is 5. The molecule has 0 radical (unpaired) electrons. The van der Waals surface area contributed by atoms with Crippen LogP contribution >= 0.6 is 0 Å². The number of fused-ring (bicyclic) bond motifs is 1. The van der Waals surface area contributed by atoms with Gasteiger partial charge in [-0.3, -0.25) is 0 Å². The van der Waals surface area contributed by atoms with Crippen molar-refractivity contribution >= 4 is 16.7 Å². The molecule has 0 spiro atoms. The highest BCUT2D eigenvalue weighted by Crippen LogP contribution is 2.33. The van der Waals surface area contributed by atoms with Gasteiger partial charge in [-0.2, -0.15) is 0 Å². The largest absolute Gasteiger partial charge is 0.497 e. The SMILES string of the molecule is CCc1ccccc1N=c1cc(-c2ccc(OC)c(OC)c2)oc2ccc(OC)cc12. The first-order valence-electron chi connectivity index (χ1n) is 10.1. The van der Waals surface area contributed by atoms with Gasteiger partial charge in [-0.05, 0) is 54.4 Å². The molecule has 0 amide bonds. The van der Waals surface area contributed by atoms with E-state index in [1.807, 2.05) is 60.7 Å². The second-order valence-corrected chi connectivity index (χ2v) is 7.02. The van der Waals surface area contributed by atoms with Crippen molar-refractivity contribution in [3.05, 3.63) is 77.7 Å². The lowest BCUT2D eigenvalue weighted by molar-refractivity contribution is 0.355. The van der Waals surface area contributed by atoms with Crippen molar-refractivity contribution in [2.45, 2.75) is 13.3 Å². The highest BCUT2D eigenvalue weighted by molar-refractivity contribution is 5.80. The Morgan fingerprint density at radius 2 is 1.61 bits per heavy atom. The molecule has 0 unspecified atom stereocenters. The van der Waals surface area contributed by atoms with Crippen molar-refractivity contribution in [2.24, 2.45) is 4.99 Å². The number of ether oxygens (including phenoxy) is 3. The van der Waals surface area contributed by atoms with Gasteiger partial charge in [-0.1, -0.05) is 25.1 Å². The fraction of sp³-hybridized carbons (Fsp3) is 0.192. The molecule has 0 N–H and O–H groups in total.